The van der Waals surface area contributed by atoms with Crippen LogP contribution >= 0.6 is 0 Å². The van der Waals surface area contributed by atoms with E-state index < -0.39 is 10.0 Å². The van der Waals surface area contributed by atoms with Crippen molar-refractivity contribution in [3.63, 3.8) is 0 Å². The molecule has 0 bridgehead atoms. The lowest BCUT2D eigenvalue weighted by atomic mass is 9.97. The van der Waals surface area contributed by atoms with E-state index >= 15 is 0 Å². The zero-order chi connectivity index (χ0) is 10.6. The third kappa shape index (κ3) is 3.55. The van der Waals surface area contributed by atoms with E-state index in [0.717, 1.165) is 25.7 Å². The number of hydrogen-bond donors (Lipinski definition) is 1. The average molecular weight is 220 g/mol. The van der Waals surface area contributed by atoms with Crippen LogP contribution in [0.2, 0.25) is 0 Å². The fourth-order valence-corrected chi connectivity index (χ4v) is 2.89. The van der Waals surface area contributed by atoms with Crippen molar-refractivity contribution in [1.82, 2.24) is 4.31 Å². The lowest BCUT2D eigenvalue weighted by molar-refractivity contribution is 0.406. The van der Waals surface area contributed by atoms with Gasteiger partial charge in [-0.05, 0) is 38.1 Å². The molecule has 0 saturated carbocycles. The second-order valence-corrected chi connectivity index (χ2v) is 6.02. The summed E-state index contributed by atoms with van der Waals surface area (Å²) >= 11 is 0. The van der Waals surface area contributed by atoms with Crippen LogP contribution in [-0.2, 0) is 10.0 Å². The van der Waals surface area contributed by atoms with Crippen LogP contribution in [0, 0.1) is 5.92 Å². The molecule has 0 aromatic rings. The quantitative estimate of drug-likeness (QED) is 0.748. The van der Waals surface area contributed by atoms with Crippen LogP contribution in [0.1, 0.15) is 25.7 Å². The van der Waals surface area contributed by atoms with Gasteiger partial charge in [0.25, 0.3) is 0 Å². The predicted molar refractivity (Wildman–Crippen MR) is 57.4 cm³/mol. The van der Waals surface area contributed by atoms with E-state index in [-0.39, 0.29) is 0 Å². The standard InChI is InChI=1S/C9H20N2O2S/c1-14(12,13)11-7-2-3-9(4-6-10)5-8-11/h9H,2-8,10H2,1H3. The highest BCUT2D eigenvalue weighted by molar-refractivity contribution is 7.88. The SMILES string of the molecule is CS(=O)(=O)N1CCCC(CCN)CC1. The topological polar surface area (TPSA) is 63.4 Å². The lowest BCUT2D eigenvalue weighted by Gasteiger charge is -2.17. The zero-order valence-electron chi connectivity index (χ0n) is 8.78. The Balaban J connectivity index is 2.49. The Morgan fingerprint density at radius 1 is 1.36 bits per heavy atom. The van der Waals surface area contributed by atoms with Crippen LogP contribution in [0.25, 0.3) is 0 Å². The number of nitrogens with zero attached hydrogens (tertiary/aromatic N) is 1. The fourth-order valence-electron chi connectivity index (χ4n) is 2.00. The van der Waals surface area contributed by atoms with Gasteiger partial charge in [0.1, 0.15) is 0 Å². The zero-order valence-corrected chi connectivity index (χ0v) is 9.59. The molecule has 0 aromatic heterocycles. The van der Waals surface area contributed by atoms with Crippen LogP contribution in [0.4, 0.5) is 0 Å². The molecule has 14 heavy (non-hydrogen) atoms. The molecule has 1 rings (SSSR count). The minimum Gasteiger partial charge on any atom is -0.330 e. The first kappa shape index (κ1) is 11.9. The molecule has 1 saturated heterocycles. The fraction of sp³-hybridized carbons (Fsp3) is 1.00. The Bertz CT molecular complexity index is 264. The van der Waals surface area contributed by atoms with E-state index in [1.807, 2.05) is 0 Å². The van der Waals surface area contributed by atoms with Gasteiger partial charge < -0.3 is 5.73 Å². The maximum atomic E-state index is 11.3. The smallest absolute Gasteiger partial charge is 0.211 e. The first-order valence-corrected chi connectivity index (χ1v) is 7.04. The lowest BCUT2D eigenvalue weighted by Crippen LogP contribution is -2.30. The van der Waals surface area contributed by atoms with Crippen molar-refractivity contribution < 1.29 is 8.42 Å². The molecule has 1 heterocycles. The molecule has 2 N–H and O–H groups in total. The van der Waals surface area contributed by atoms with Gasteiger partial charge in [-0.3, -0.25) is 0 Å². The summed E-state index contributed by atoms with van der Waals surface area (Å²) in [5.41, 5.74) is 5.50. The summed E-state index contributed by atoms with van der Waals surface area (Å²) in [6.45, 7) is 2.06. The largest absolute Gasteiger partial charge is 0.330 e. The van der Waals surface area contributed by atoms with Crippen molar-refractivity contribution in [2.45, 2.75) is 25.7 Å². The summed E-state index contributed by atoms with van der Waals surface area (Å²) in [6, 6.07) is 0. The first-order valence-electron chi connectivity index (χ1n) is 5.19. The van der Waals surface area contributed by atoms with Gasteiger partial charge in [-0.2, -0.15) is 0 Å². The molecular weight excluding hydrogens is 200 g/mol. The monoisotopic (exact) mass is 220 g/mol. The molecule has 0 aliphatic carbocycles. The summed E-state index contributed by atoms with van der Waals surface area (Å²) in [5.74, 6) is 0.617. The van der Waals surface area contributed by atoms with Crippen LogP contribution < -0.4 is 5.73 Å². The molecule has 0 radical (unpaired) electrons. The molecule has 1 aliphatic heterocycles. The average Bonchev–Trinajstić information content (AvgIpc) is 2.29. The van der Waals surface area contributed by atoms with Gasteiger partial charge in [-0.1, -0.05) is 0 Å². The highest BCUT2D eigenvalue weighted by Gasteiger charge is 2.21. The first-order chi connectivity index (χ1) is 6.54. The van der Waals surface area contributed by atoms with E-state index in [1.54, 1.807) is 4.31 Å². The van der Waals surface area contributed by atoms with Crippen molar-refractivity contribution >= 4 is 10.0 Å². The van der Waals surface area contributed by atoms with E-state index in [1.165, 1.54) is 6.26 Å². The van der Waals surface area contributed by atoms with Crippen molar-refractivity contribution in [2.24, 2.45) is 11.7 Å². The summed E-state index contributed by atoms with van der Waals surface area (Å²) in [4.78, 5) is 0. The summed E-state index contributed by atoms with van der Waals surface area (Å²) in [6.07, 6.45) is 5.36. The van der Waals surface area contributed by atoms with Gasteiger partial charge in [0, 0.05) is 13.1 Å². The van der Waals surface area contributed by atoms with Crippen molar-refractivity contribution in [2.75, 3.05) is 25.9 Å². The Hall–Kier alpha value is -0.130. The minimum atomic E-state index is -2.99. The van der Waals surface area contributed by atoms with Crippen LogP contribution in [0.5, 0.6) is 0 Å². The third-order valence-corrected chi connectivity index (χ3v) is 4.15. The summed E-state index contributed by atoms with van der Waals surface area (Å²) in [7, 11) is -2.99. The van der Waals surface area contributed by atoms with Crippen LogP contribution in [0.15, 0.2) is 0 Å². The maximum Gasteiger partial charge on any atom is 0.211 e. The second kappa shape index (κ2) is 5.09. The van der Waals surface area contributed by atoms with E-state index in [9.17, 15) is 8.42 Å². The predicted octanol–water partition coefficient (Wildman–Crippen LogP) is 0.397. The van der Waals surface area contributed by atoms with Gasteiger partial charge in [0.2, 0.25) is 10.0 Å². The number of sulfonamides is 1. The molecule has 4 nitrogen and oxygen atoms in total. The van der Waals surface area contributed by atoms with Gasteiger partial charge >= 0.3 is 0 Å². The van der Waals surface area contributed by atoms with Gasteiger partial charge in [-0.15, -0.1) is 0 Å². The maximum absolute atomic E-state index is 11.3. The number of rotatable bonds is 3. The molecule has 1 fully saturated rings. The number of nitrogens with two attached hydrogens (primary N) is 1. The van der Waals surface area contributed by atoms with Crippen LogP contribution in [0.3, 0.4) is 0 Å². The normalized spacial score (nSPS) is 26.0. The molecule has 1 atom stereocenters. The Morgan fingerprint density at radius 2 is 2.07 bits per heavy atom. The van der Waals surface area contributed by atoms with E-state index in [0.29, 0.717) is 25.6 Å². The summed E-state index contributed by atoms with van der Waals surface area (Å²) < 4.78 is 24.2. The third-order valence-electron chi connectivity index (χ3n) is 2.85. The number of hydrogen-bond acceptors (Lipinski definition) is 3. The Morgan fingerprint density at radius 3 is 2.64 bits per heavy atom. The molecule has 84 valence electrons. The molecule has 1 aliphatic rings. The van der Waals surface area contributed by atoms with Crippen molar-refractivity contribution in [3.05, 3.63) is 0 Å². The molecular formula is C9H20N2O2S. The second-order valence-electron chi connectivity index (χ2n) is 4.04. The highest BCUT2D eigenvalue weighted by atomic mass is 32.2. The van der Waals surface area contributed by atoms with Crippen molar-refractivity contribution in [3.8, 4) is 0 Å². The molecule has 0 spiro atoms. The Labute approximate surface area is 86.5 Å². The van der Waals surface area contributed by atoms with Crippen molar-refractivity contribution in [1.29, 1.82) is 0 Å². The highest BCUT2D eigenvalue weighted by Crippen LogP contribution is 2.21. The van der Waals surface area contributed by atoms with Gasteiger partial charge in [0.05, 0.1) is 6.26 Å². The Kier molecular flexibility index (Phi) is 4.34. The molecule has 0 aromatic carbocycles. The van der Waals surface area contributed by atoms with E-state index in [2.05, 4.69) is 0 Å². The van der Waals surface area contributed by atoms with Gasteiger partial charge in [-0.25, -0.2) is 12.7 Å². The van der Waals surface area contributed by atoms with Crippen LogP contribution in [-0.4, -0.2) is 38.6 Å². The summed E-state index contributed by atoms with van der Waals surface area (Å²) in [5, 5.41) is 0. The van der Waals surface area contributed by atoms with Gasteiger partial charge in [0.15, 0.2) is 0 Å². The van der Waals surface area contributed by atoms with E-state index in [4.69, 9.17) is 5.73 Å². The molecule has 1 unspecified atom stereocenters. The minimum absolute atomic E-state index is 0.617. The molecule has 0 amide bonds. The molecule has 5 heteroatoms.